The van der Waals surface area contributed by atoms with E-state index in [0.717, 1.165) is 0 Å². The van der Waals surface area contributed by atoms with Crippen LogP contribution in [0, 0.1) is 0 Å². The van der Waals surface area contributed by atoms with Gasteiger partial charge in [-0.05, 0) is 18.4 Å². The first kappa shape index (κ1) is 26.6. The van der Waals surface area contributed by atoms with E-state index in [4.69, 9.17) is 0 Å². The van der Waals surface area contributed by atoms with Crippen molar-refractivity contribution in [1.82, 2.24) is 6.15 Å². The largest absolute Gasteiger partial charge is 0.344 e. The minimum Gasteiger partial charge on any atom is -0.344 e. The Labute approximate surface area is 172 Å². The quantitative estimate of drug-likeness (QED) is 0.207. The third kappa shape index (κ3) is 16.3. The van der Waals surface area contributed by atoms with Crippen molar-refractivity contribution in [3.8, 4) is 0 Å². The highest BCUT2D eigenvalue weighted by atomic mass is 31.2. The molecular formula is C25H49NP+. The molecule has 1 aromatic rings. The third-order valence-electron chi connectivity index (χ3n) is 5.57. The van der Waals surface area contributed by atoms with Gasteiger partial charge in [0, 0.05) is 20.6 Å². The van der Waals surface area contributed by atoms with Gasteiger partial charge in [-0.15, -0.1) is 0 Å². The molecule has 0 fully saturated rings. The normalized spacial score (nSPS) is 11.4. The van der Waals surface area contributed by atoms with Gasteiger partial charge in [0.1, 0.15) is 0 Å². The molecule has 1 nitrogen and oxygen atoms in total. The zero-order valence-electron chi connectivity index (χ0n) is 18.9. The van der Waals surface area contributed by atoms with Crippen LogP contribution in [0.5, 0.6) is 0 Å². The maximum absolute atomic E-state index is 2.54. The molecule has 2 heteroatoms. The summed E-state index contributed by atoms with van der Waals surface area (Å²) in [6, 6.07) is 11.1. The fraction of sp³-hybridized carbons (Fsp3) is 0.760. The van der Waals surface area contributed by atoms with Crippen LogP contribution in [0.25, 0.3) is 0 Å². The second kappa shape index (κ2) is 17.7. The summed E-state index contributed by atoms with van der Waals surface area (Å²) < 4.78 is 0. The van der Waals surface area contributed by atoms with Crippen molar-refractivity contribution >= 4 is 7.26 Å². The van der Waals surface area contributed by atoms with Crippen molar-refractivity contribution in [2.75, 3.05) is 19.5 Å². The Kier molecular flexibility index (Phi) is 17.4. The average molecular weight is 395 g/mol. The van der Waals surface area contributed by atoms with E-state index >= 15 is 0 Å². The predicted octanol–water partition coefficient (Wildman–Crippen LogP) is 9.11. The van der Waals surface area contributed by atoms with E-state index in [0.29, 0.717) is 0 Å². The van der Waals surface area contributed by atoms with E-state index in [1.807, 2.05) is 0 Å². The molecule has 0 spiro atoms. The molecule has 0 saturated heterocycles. The summed E-state index contributed by atoms with van der Waals surface area (Å²) in [5.74, 6) is 0. The molecule has 3 N–H and O–H groups in total. The van der Waals surface area contributed by atoms with E-state index in [-0.39, 0.29) is 6.15 Å². The zero-order valence-corrected chi connectivity index (χ0v) is 19.7. The first-order valence-corrected chi connectivity index (χ1v) is 14.6. The van der Waals surface area contributed by atoms with E-state index < -0.39 is 7.26 Å². The van der Waals surface area contributed by atoms with Crippen molar-refractivity contribution in [3.05, 3.63) is 35.9 Å². The molecule has 0 saturated carbocycles. The van der Waals surface area contributed by atoms with Crippen LogP contribution in [0.2, 0.25) is 0 Å². The van der Waals surface area contributed by atoms with Gasteiger partial charge in [0.15, 0.2) is 0 Å². The van der Waals surface area contributed by atoms with Gasteiger partial charge in [0.2, 0.25) is 0 Å². The lowest BCUT2D eigenvalue weighted by atomic mass is 10.0. The van der Waals surface area contributed by atoms with Crippen molar-refractivity contribution < 1.29 is 0 Å². The molecule has 1 aromatic carbocycles. The summed E-state index contributed by atoms with van der Waals surface area (Å²) in [6.07, 6.45) is 23.2. The fourth-order valence-corrected chi connectivity index (χ4v) is 6.33. The van der Waals surface area contributed by atoms with Gasteiger partial charge in [-0.2, -0.15) is 0 Å². The van der Waals surface area contributed by atoms with Crippen LogP contribution in [-0.2, 0) is 6.16 Å². The van der Waals surface area contributed by atoms with Gasteiger partial charge in [-0.25, -0.2) is 0 Å². The standard InChI is InChI=1S/C25H46P.H3N/c1-4-5-6-7-8-9-10-11-12-13-14-15-16-20-23-26(2,3)24-25-21-18-17-19-22-25;/h17-19,21-22H,4-16,20,23-24H2,1-3H3;1H3/q+1;. The predicted molar refractivity (Wildman–Crippen MR) is 129 cm³/mol. The van der Waals surface area contributed by atoms with Gasteiger partial charge in [0.05, 0.1) is 12.3 Å². The summed E-state index contributed by atoms with van der Waals surface area (Å²) >= 11 is 0. The van der Waals surface area contributed by atoms with Crippen LogP contribution in [0.1, 0.15) is 102 Å². The minimum atomic E-state index is -0.749. The van der Waals surface area contributed by atoms with E-state index in [1.165, 1.54) is 108 Å². The van der Waals surface area contributed by atoms with Gasteiger partial charge < -0.3 is 6.15 Å². The number of benzene rings is 1. The van der Waals surface area contributed by atoms with Gasteiger partial charge in [0.25, 0.3) is 0 Å². The highest BCUT2D eigenvalue weighted by Crippen LogP contribution is 2.54. The molecule has 1 rings (SSSR count). The Balaban J connectivity index is 0.00000676. The maximum Gasteiger partial charge on any atom is 0.0837 e. The molecule has 0 radical (unpaired) electrons. The van der Waals surface area contributed by atoms with E-state index in [1.54, 1.807) is 0 Å². The topological polar surface area (TPSA) is 35.0 Å². The van der Waals surface area contributed by atoms with Crippen molar-refractivity contribution in [2.45, 2.75) is 103 Å². The summed E-state index contributed by atoms with van der Waals surface area (Å²) in [5.41, 5.74) is 1.54. The number of hydrogen-bond acceptors (Lipinski definition) is 1. The van der Waals surface area contributed by atoms with Gasteiger partial charge >= 0.3 is 0 Å². The zero-order chi connectivity index (χ0) is 18.9. The molecule has 0 aliphatic rings. The first-order valence-electron chi connectivity index (χ1n) is 11.5. The molecule has 0 bridgehead atoms. The molecule has 0 unspecified atom stereocenters. The smallest absolute Gasteiger partial charge is 0.0837 e. The number of unbranched alkanes of at least 4 members (excludes halogenated alkanes) is 13. The van der Waals surface area contributed by atoms with Crippen LogP contribution in [0.3, 0.4) is 0 Å². The van der Waals surface area contributed by atoms with Crippen molar-refractivity contribution in [1.29, 1.82) is 0 Å². The SMILES string of the molecule is CCCCCCCCCCCCCCCC[P+](C)(C)Cc1ccccc1.N. The lowest BCUT2D eigenvalue weighted by Crippen LogP contribution is -1.99. The Morgan fingerprint density at radius 3 is 1.44 bits per heavy atom. The summed E-state index contributed by atoms with van der Waals surface area (Å²) in [5, 5.41) is 0. The van der Waals surface area contributed by atoms with Crippen LogP contribution in [-0.4, -0.2) is 19.5 Å². The maximum atomic E-state index is 2.54. The summed E-state index contributed by atoms with van der Waals surface area (Å²) in [6.45, 7) is 7.39. The Morgan fingerprint density at radius 2 is 1.00 bits per heavy atom. The average Bonchev–Trinajstić information content (AvgIpc) is 2.62. The van der Waals surface area contributed by atoms with Crippen molar-refractivity contribution in [3.63, 3.8) is 0 Å². The number of rotatable bonds is 17. The molecule has 0 aromatic heterocycles. The fourth-order valence-electron chi connectivity index (χ4n) is 3.89. The molecular weight excluding hydrogens is 345 g/mol. The Hall–Kier alpha value is -0.390. The summed E-state index contributed by atoms with van der Waals surface area (Å²) in [4.78, 5) is 0. The summed E-state index contributed by atoms with van der Waals surface area (Å²) in [7, 11) is -0.749. The molecule has 158 valence electrons. The molecule has 27 heavy (non-hydrogen) atoms. The first-order chi connectivity index (χ1) is 12.6. The van der Waals surface area contributed by atoms with Gasteiger partial charge in [-0.3, -0.25) is 0 Å². The minimum absolute atomic E-state index is 0. The Morgan fingerprint density at radius 1 is 0.593 bits per heavy atom. The lowest BCUT2D eigenvalue weighted by molar-refractivity contribution is 0.538. The molecule has 0 amide bonds. The second-order valence-electron chi connectivity index (χ2n) is 8.90. The molecule has 0 atom stereocenters. The van der Waals surface area contributed by atoms with E-state index in [2.05, 4.69) is 50.6 Å². The second-order valence-corrected chi connectivity index (χ2v) is 13.5. The monoisotopic (exact) mass is 394 g/mol. The molecule has 0 aliphatic heterocycles. The highest BCUT2D eigenvalue weighted by Gasteiger charge is 2.24. The lowest BCUT2D eigenvalue weighted by Gasteiger charge is -2.18. The highest BCUT2D eigenvalue weighted by molar-refractivity contribution is 7.73. The Bertz CT molecular complexity index is 416. The van der Waals surface area contributed by atoms with Crippen LogP contribution >= 0.6 is 7.26 Å². The third-order valence-corrected chi connectivity index (χ3v) is 8.32. The van der Waals surface area contributed by atoms with Gasteiger partial charge in [-0.1, -0.05) is 114 Å². The molecule has 0 aliphatic carbocycles. The van der Waals surface area contributed by atoms with Crippen LogP contribution in [0.4, 0.5) is 0 Å². The number of hydrogen-bond donors (Lipinski definition) is 1. The van der Waals surface area contributed by atoms with E-state index in [9.17, 15) is 0 Å². The van der Waals surface area contributed by atoms with Crippen LogP contribution in [0.15, 0.2) is 30.3 Å². The molecule has 0 heterocycles. The van der Waals surface area contributed by atoms with Crippen molar-refractivity contribution in [2.24, 2.45) is 0 Å². The van der Waals surface area contributed by atoms with Crippen LogP contribution < -0.4 is 6.15 Å².